The number of esters is 1. The number of methoxy groups -OCH3 is 1. The third-order valence-electron chi connectivity index (χ3n) is 12.2. The molecule has 3 aliphatic rings. The van der Waals surface area contributed by atoms with Crippen molar-refractivity contribution in [3.63, 3.8) is 0 Å². The summed E-state index contributed by atoms with van der Waals surface area (Å²) in [6.07, 6.45) is -5.71. The lowest BCUT2D eigenvalue weighted by Crippen LogP contribution is -2.61. The average molecular weight is 904 g/mol. The fraction of sp³-hybridized carbons (Fsp3) is 0.974. The zero-order valence-electron chi connectivity index (χ0n) is 35.5. The number of hydrogen-bond donors (Lipinski definition) is 5. The van der Waals surface area contributed by atoms with Gasteiger partial charge in [0.15, 0.2) is 16.7 Å². The number of aliphatic hydroxyl groups excluding tert-OH is 2. The molecule has 0 radical (unpaired) electrons. The number of rotatable bonds is 10. The summed E-state index contributed by atoms with van der Waals surface area (Å²) in [4.78, 5) is 18.2. The molecule has 0 aliphatic carbocycles. The van der Waals surface area contributed by atoms with E-state index in [0.717, 1.165) is 0 Å². The van der Waals surface area contributed by atoms with Crippen LogP contribution in [0.3, 0.4) is 0 Å². The summed E-state index contributed by atoms with van der Waals surface area (Å²) >= 11 is 1.84. The van der Waals surface area contributed by atoms with E-state index in [1.54, 1.807) is 34.6 Å². The minimum atomic E-state index is -1.82. The summed E-state index contributed by atoms with van der Waals surface area (Å²) in [5, 5.41) is 46.7. The number of halogens is 1. The molecular weight excluding hydrogens is 829 g/mol. The van der Waals surface area contributed by atoms with E-state index in [9.17, 15) is 25.2 Å². The maximum absolute atomic E-state index is 14.2. The maximum Gasteiger partial charge on any atom is 0.312 e. The molecule has 0 aromatic heterocycles. The van der Waals surface area contributed by atoms with Crippen LogP contribution < -0.4 is 5.73 Å². The first-order valence-electron chi connectivity index (χ1n) is 19.9. The van der Waals surface area contributed by atoms with Crippen molar-refractivity contribution in [2.75, 3.05) is 47.9 Å². The minimum absolute atomic E-state index is 0.0703. The van der Waals surface area contributed by atoms with Crippen LogP contribution in [0.1, 0.15) is 88.0 Å². The van der Waals surface area contributed by atoms with Gasteiger partial charge in [-0.05, 0) is 124 Å². The molecule has 1 unspecified atom stereocenters. The second-order valence-electron chi connectivity index (χ2n) is 17.6. The zero-order chi connectivity index (χ0) is 41.8. The standard InChI is InChI=1S/C39H74IN3O12/c1-21-18-37(7,47)33(54-35-30(50-16-14-15-41)27(42(10)11)17-22(2)51-35)23(3)29(53-28-19-38(8,49-13)32(45)26(6)52-28)24(4)34(46)55-36(40)39(9,48)31(44)25(5)43(12)20-21/h21-33,35-36,44-45,47-48H,14-20,41H2,1-13H3/t21-,22-,23+,24-,25-,26+,27+,28?,29+,30-,31-,32+,33-,35+,36+,37-,38-,39+/m1/s1. The molecule has 3 fully saturated rings. The molecule has 18 atom stereocenters. The number of hydrogen-bond acceptors (Lipinski definition) is 15. The lowest BCUT2D eigenvalue weighted by molar-refractivity contribution is -0.321. The van der Waals surface area contributed by atoms with Gasteiger partial charge in [-0.25, -0.2) is 0 Å². The van der Waals surface area contributed by atoms with Crippen molar-refractivity contribution in [2.24, 2.45) is 23.5 Å². The number of nitrogens with two attached hydrogens (primary N) is 1. The SMILES string of the molecule is CO[C@]1(C)CC(O[C@H]2[C@H](C)[C@@H](O[C@@H]3O[C@H](C)C[C@H](N(C)C)[C@H]3OCCCN)[C@](C)(O)C[C@@H](C)CN(C)[C@H](C)[C@@H](O)[C@](C)(O)[C@@H](I)OC(=O)[C@@H]2C)O[C@@H](C)[C@@H]1O. The third-order valence-corrected chi connectivity index (χ3v) is 13.8. The summed E-state index contributed by atoms with van der Waals surface area (Å²) in [5.41, 5.74) is 1.47. The van der Waals surface area contributed by atoms with Gasteiger partial charge in [-0.2, -0.15) is 0 Å². The number of carbonyl (C=O) groups is 1. The first kappa shape index (κ1) is 49.0. The predicted octanol–water partition coefficient (Wildman–Crippen LogP) is 2.26. The Kier molecular flexibility index (Phi) is 18.1. The quantitative estimate of drug-likeness (QED) is 0.0927. The van der Waals surface area contributed by atoms with Crippen LogP contribution in [0.4, 0.5) is 0 Å². The Morgan fingerprint density at radius 2 is 1.62 bits per heavy atom. The average Bonchev–Trinajstić information content (AvgIpc) is 3.10. The van der Waals surface area contributed by atoms with Crippen LogP contribution in [0, 0.1) is 17.8 Å². The van der Waals surface area contributed by atoms with Crippen LogP contribution >= 0.6 is 22.6 Å². The highest BCUT2D eigenvalue weighted by Gasteiger charge is 2.53. The molecule has 0 aromatic rings. The molecule has 6 N–H and O–H groups in total. The highest BCUT2D eigenvalue weighted by molar-refractivity contribution is 14.1. The van der Waals surface area contributed by atoms with Crippen molar-refractivity contribution in [1.29, 1.82) is 0 Å². The third kappa shape index (κ3) is 11.9. The fourth-order valence-electron chi connectivity index (χ4n) is 8.61. The normalized spacial score (nSPS) is 47.6. The van der Waals surface area contributed by atoms with Crippen molar-refractivity contribution in [3.05, 3.63) is 0 Å². The Morgan fingerprint density at radius 3 is 2.20 bits per heavy atom. The lowest BCUT2D eigenvalue weighted by atomic mass is 9.77. The van der Waals surface area contributed by atoms with E-state index < -0.39 is 94.0 Å². The van der Waals surface area contributed by atoms with Crippen molar-refractivity contribution in [3.8, 4) is 0 Å². The molecule has 0 amide bonds. The number of aliphatic hydroxyl groups is 4. The Hall–Kier alpha value is -0.320. The summed E-state index contributed by atoms with van der Waals surface area (Å²) in [7, 11) is 7.35. The summed E-state index contributed by atoms with van der Waals surface area (Å²) in [5.74, 6) is -2.53. The van der Waals surface area contributed by atoms with Crippen LogP contribution in [-0.2, 0) is 38.0 Å². The number of carbonyl (C=O) groups excluding carboxylic acids is 1. The van der Waals surface area contributed by atoms with Crippen molar-refractivity contribution >= 4 is 28.6 Å². The monoisotopic (exact) mass is 903 g/mol. The first-order chi connectivity index (χ1) is 25.4. The highest BCUT2D eigenvalue weighted by atomic mass is 127. The van der Waals surface area contributed by atoms with Crippen LogP contribution in [-0.4, -0.2) is 172 Å². The highest BCUT2D eigenvalue weighted by Crippen LogP contribution is 2.40. The van der Waals surface area contributed by atoms with Gasteiger partial charge < -0.3 is 69.1 Å². The van der Waals surface area contributed by atoms with Gasteiger partial charge in [0.2, 0.25) is 0 Å². The van der Waals surface area contributed by atoms with E-state index in [1.165, 1.54) is 14.0 Å². The predicted molar refractivity (Wildman–Crippen MR) is 215 cm³/mol. The molecule has 16 heteroatoms. The van der Waals surface area contributed by atoms with E-state index in [1.807, 2.05) is 69.4 Å². The van der Waals surface area contributed by atoms with E-state index >= 15 is 0 Å². The largest absolute Gasteiger partial charge is 0.448 e. The van der Waals surface area contributed by atoms with Gasteiger partial charge in [-0.3, -0.25) is 4.79 Å². The number of likely N-dealkylation sites (N-methyl/N-ethyl adjacent to an activating group) is 2. The Morgan fingerprint density at radius 1 is 0.982 bits per heavy atom. The first-order valence-corrected chi connectivity index (χ1v) is 21.2. The second-order valence-corrected chi connectivity index (χ2v) is 18.7. The van der Waals surface area contributed by atoms with Gasteiger partial charge >= 0.3 is 5.97 Å². The number of alkyl halides is 1. The van der Waals surface area contributed by atoms with E-state index in [-0.39, 0.29) is 30.9 Å². The van der Waals surface area contributed by atoms with Gasteiger partial charge in [0.25, 0.3) is 0 Å². The summed E-state index contributed by atoms with van der Waals surface area (Å²) in [6, 6.07) is -0.607. The van der Waals surface area contributed by atoms with Crippen LogP contribution in [0.25, 0.3) is 0 Å². The minimum Gasteiger partial charge on any atom is -0.448 e. The molecule has 0 saturated carbocycles. The molecular formula is C39H74IN3O12. The molecule has 0 spiro atoms. The van der Waals surface area contributed by atoms with E-state index in [2.05, 4.69) is 4.90 Å². The smallest absolute Gasteiger partial charge is 0.312 e. The van der Waals surface area contributed by atoms with E-state index in [4.69, 9.17) is 38.9 Å². The van der Waals surface area contributed by atoms with Crippen molar-refractivity contribution < 1.29 is 58.4 Å². The van der Waals surface area contributed by atoms with Crippen molar-refractivity contribution in [2.45, 2.75) is 176 Å². The van der Waals surface area contributed by atoms with Gasteiger partial charge in [0.05, 0.1) is 41.5 Å². The summed E-state index contributed by atoms with van der Waals surface area (Å²) < 4.78 is 43.5. The molecule has 324 valence electrons. The Bertz CT molecular complexity index is 1200. The number of ether oxygens (including phenoxy) is 7. The molecule has 3 heterocycles. The molecule has 3 saturated heterocycles. The summed E-state index contributed by atoms with van der Waals surface area (Å²) in [6.45, 7) is 17.3. The molecule has 15 nitrogen and oxygen atoms in total. The van der Waals surface area contributed by atoms with Crippen LogP contribution in [0.5, 0.6) is 0 Å². The molecule has 0 aromatic carbocycles. The van der Waals surface area contributed by atoms with Crippen LogP contribution in [0.2, 0.25) is 0 Å². The molecule has 0 bridgehead atoms. The van der Waals surface area contributed by atoms with Gasteiger partial charge in [0.1, 0.15) is 23.9 Å². The molecule has 3 aliphatic heterocycles. The molecule has 55 heavy (non-hydrogen) atoms. The topological polar surface area (TPSA) is 195 Å². The number of nitrogens with zero attached hydrogens (tertiary/aromatic N) is 2. The Balaban J connectivity index is 2.19. The van der Waals surface area contributed by atoms with Crippen LogP contribution in [0.15, 0.2) is 0 Å². The lowest BCUT2D eigenvalue weighted by Gasteiger charge is -2.49. The maximum atomic E-state index is 14.2. The van der Waals surface area contributed by atoms with E-state index in [0.29, 0.717) is 32.5 Å². The zero-order valence-corrected chi connectivity index (χ0v) is 37.7. The molecule has 3 rings (SSSR count). The second kappa shape index (κ2) is 20.3. The van der Waals surface area contributed by atoms with Gasteiger partial charge in [-0.1, -0.05) is 13.8 Å². The van der Waals surface area contributed by atoms with Crippen molar-refractivity contribution in [1.82, 2.24) is 9.80 Å². The van der Waals surface area contributed by atoms with Gasteiger partial charge in [-0.15, -0.1) is 0 Å². The number of cyclic esters (lactones) is 1. The Labute approximate surface area is 343 Å². The fourth-order valence-corrected chi connectivity index (χ4v) is 9.23. The van der Waals surface area contributed by atoms with Gasteiger partial charge in [0, 0.05) is 44.7 Å².